The van der Waals surface area contributed by atoms with Gasteiger partial charge < -0.3 is 33.3 Å². The number of aliphatic carboxylic acids is 1. The predicted octanol–water partition coefficient (Wildman–Crippen LogP) is 25.3. The highest BCUT2D eigenvalue weighted by atomic mass is 16.7. The Kier molecular flexibility index (Phi) is 74.3. The molecule has 0 saturated heterocycles. The summed E-state index contributed by atoms with van der Waals surface area (Å²) in [6, 6.07) is 0. The van der Waals surface area contributed by atoms with Gasteiger partial charge in [-0.2, -0.15) is 0 Å². The van der Waals surface area contributed by atoms with E-state index in [0.717, 1.165) is 70.6 Å². The second kappa shape index (κ2) is 76.7. The fourth-order valence-corrected chi connectivity index (χ4v) is 12.5. The van der Waals surface area contributed by atoms with Gasteiger partial charge in [0.05, 0.1) is 40.3 Å². The average molecular weight is 1340 g/mol. The van der Waals surface area contributed by atoms with Gasteiger partial charge in [-0.25, -0.2) is 0 Å². The molecule has 0 aromatic carbocycles. The highest BCUT2D eigenvalue weighted by molar-refractivity contribution is 5.70. The Morgan fingerprint density at radius 3 is 0.895 bits per heavy atom. The summed E-state index contributed by atoms with van der Waals surface area (Å²) in [5.74, 6) is -2.25. The summed E-state index contributed by atoms with van der Waals surface area (Å²) >= 11 is 0. The molecule has 0 aromatic rings. The zero-order chi connectivity index (χ0) is 69.0. The number of carboxylic acids is 1. The van der Waals surface area contributed by atoms with E-state index >= 15 is 0 Å². The Balaban J connectivity index is 3.95. The summed E-state index contributed by atoms with van der Waals surface area (Å²) in [7, 11) is 5.95. The van der Waals surface area contributed by atoms with Crippen LogP contribution in [0, 0.1) is 0 Å². The van der Waals surface area contributed by atoms with Crippen molar-refractivity contribution in [1.29, 1.82) is 0 Å². The van der Waals surface area contributed by atoms with Crippen molar-refractivity contribution in [2.45, 2.75) is 424 Å². The van der Waals surface area contributed by atoms with Crippen LogP contribution in [-0.2, 0) is 33.3 Å². The minimum Gasteiger partial charge on any atom is -0.545 e. The van der Waals surface area contributed by atoms with E-state index in [1.54, 1.807) is 0 Å². The molecule has 556 valence electrons. The monoisotopic (exact) mass is 1330 g/mol. The summed E-state index contributed by atoms with van der Waals surface area (Å²) in [4.78, 5) is 37.6. The van der Waals surface area contributed by atoms with Crippen molar-refractivity contribution in [2.75, 3.05) is 47.5 Å². The Morgan fingerprint density at radius 2 is 0.600 bits per heavy atom. The van der Waals surface area contributed by atoms with E-state index < -0.39 is 24.3 Å². The van der Waals surface area contributed by atoms with Crippen molar-refractivity contribution in [3.05, 3.63) is 60.8 Å². The van der Waals surface area contributed by atoms with Crippen LogP contribution in [0.5, 0.6) is 0 Å². The number of carbonyl (C=O) groups excluding carboxylic acids is 3. The van der Waals surface area contributed by atoms with Crippen LogP contribution in [0.15, 0.2) is 60.8 Å². The lowest BCUT2D eigenvalue weighted by Crippen LogP contribution is -2.44. The molecule has 0 aliphatic carbocycles. The smallest absolute Gasteiger partial charge is 0.306 e. The molecule has 0 spiro atoms. The fourth-order valence-electron chi connectivity index (χ4n) is 12.5. The number of quaternary nitrogens is 1. The van der Waals surface area contributed by atoms with E-state index in [2.05, 4.69) is 74.6 Å². The Morgan fingerprint density at radius 1 is 0.326 bits per heavy atom. The first kappa shape index (κ1) is 92.0. The van der Waals surface area contributed by atoms with Crippen LogP contribution in [0.2, 0.25) is 0 Å². The Hall–Kier alpha value is -3.01. The predicted molar refractivity (Wildman–Crippen MR) is 408 cm³/mol. The van der Waals surface area contributed by atoms with Crippen LogP contribution in [0.3, 0.4) is 0 Å². The number of nitrogens with zero attached hydrogens (tertiary/aromatic N) is 1. The van der Waals surface area contributed by atoms with Crippen molar-refractivity contribution in [1.82, 2.24) is 0 Å². The number of carboxylic acid groups (broad SMARTS) is 1. The van der Waals surface area contributed by atoms with Gasteiger partial charge in [-0.3, -0.25) is 9.59 Å². The van der Waals surface area contributed by atoms with Crippen molar-refractivity contribution in [2.24, 2.45) is 0 Å². The third kappa shape index (κ3) is 78.2. The Bertz CT molecular complexity index is 1750. The van der Waals surface area contributed by atoms with Crippen molar-refractivity contribution in [3.63, 3.8) is 0 Å². The number of esters is 2. The minimum atomic E-state index is -1.62. The molecule has 0 radical (unpaired) electrons. The van der Waals surface area contributed by atoms with Crippen LogP contribution in [0.25, 0.3) is 0 Å². The van der Waals surface area contributed by atoms with Gasteiger partial charge >= 0.3 is 11.9 Å². The topological polar surface area (TPSA) is 111 Å². The van der Waals surface area contributed by atoms with Gasteiger partial charge in [0.15, 0.2) is 12.4 Å². The maximum atomic E-state index is 13.0. The quantitative estimate of drug-likeness (QED) is 0.0195. The average Bonchev–Trinajstić information content (AvgIpc) is 3.75. The molecule has 0 fully saturated rings. The zero-order valence-electron chi connectivity index (χ0n) is 63.8. The van der Waals surface area contributed by atoms with Gasteiger partial charge in [0, 0.05) is 12.8 Å². The number of ether oxygens (including phenoxy) is 4. The van der Waals surface area contributed by atoms with Crippen LogP contribution in [0.4, 0.5) is 0 Å². The molecule has 0 amide bonds. The molecule has 0 rings (SSSR count). The largest absolute Gasteiger partial charge is 0.545 e. The SMILES string of the molecule is CC/C=C\C/C=C\C/C=C\C/C=C\C/C=C\CCCCCCCCCCCCCCCCCCCCCCCC(=O)OC(COC(=O)CCCCCCCCCCCCCCCCCCCCCCCCCCCCCCCCCCC)COC(OCC[N+](C)(C)C)C(=O)[O-]. The lowest BCUT2D eigenvalue weighted by molar-refractivity contribution is -0.870. The van der Waals surface area contributed by atoms with Gasteiger partial charge in [-0.15, -0.1) is 0 Å². The van der Waals surface area contributed by atoms with E-state index in [9.17, 15) is 19.5 Å². The molecule has 2 atom stereocenters. The number of likely N-dealkylation sites (N-methyl/N-ethyl adjacent to an activating group) is 1. The molecule has 0 saturated carbocycles. The minimum absolute atomic E-state index is 0.150. The molecule has 0 aliphatic heterocycles. The first-order chi connectivity index (χ1) is 46.6. The van der Waals surface area contributed by atoms with Gasteiger partial charge in [-0.05, 0) is 57.8 Å². The molecular formula is C86H159NO8. The first-order valence-electron chi connectivity index (χ1n) is 41.4. The lowest BCUT2D eigenvalue weighted by atomic mass is 10.0. The van der Waals surface area contributed by atoms with Crippen molar-refractivity contribution >= 4 is 17.9 Å². The van der Waals surface area contributed by atoms with Crippen LogP contribution in [-0.4, -0.2) is 82.3 Å². The maximum absolute atomic E-state index is 13.0. The summed E-state index contributed by atoms with van der Waals surface area (Å²) < 4.78 is 22.9. The van der Waals surface area contributed by atoms with E-state index in [0.29, 0.717) is 17.4 Å². The summed E-state index contributed by atoms with van der Waals surface area (Å²) in [6.45, 7) is 4.71. The van der Waals surface area contributed by atoms with Crippen molar-refractivity contribution in [3.8, 4) is 0 Å². The number of unbranched alkanes of at least 4 members (excludes halogenated alkanes) is 53. The summed E-state index contributed by atoms with van der Waals surface area (Å²) in [5.41, 5.74) is 0. The third-order valence-corrected chi connectivity index (χ3v) is 18.8. The molecule has 0 aliphatic rings. The fraction of sp³-hybridized carbons (Fsp3) is 0.849. The summed E-state index contributed by atoms with van der Waals surface area (Å²) in [5, 5.41) is 11.9. The molecular weight excluding hydrogens is 1170 g/mol. The van der Waals surface area contributed by atoms with E-state index in [1.165, 1.54) is 315 Å². The second-order valence-corrected chi connectivity index (χ2v) is 29.4. The standard InChI is InChI=1S/C86H159NO8/c1-6-8-10-12-14-16-18-20-22-24-26-28-30-32-34-36-38-40-41-42-43-45-47-49-51-53-55-57-59-61-63-65-67-69-71-73-75-77-84(89)95-82(81-94-86(85(90)91)92-79-78-87(3,4)5)80-93-83(88)76-74-72-70-68-66-64-62-60-58-56-54-52-50-48-46-44-39-37-35-33-31-29-27-25-23-21-19-17-15-13-11-9-7-2/h8,10,14,16,20,22,26,28,32,34,82,86H,6-7,9,11-13,15,17-19,21,23-25,27,29-31,33,35-81H2,1-5H3/b10-8-,16-14-,22-20-,28-26-,34-32-. The second-order valence-electron chi connectivity index (χ2n) is 29.4. The number of allylic oxidation sites excluding steroid dienone is 10. The van der Waals surface area contributed by atoms with Gasteiger partial charge in [-0.1, -0.05) is 402 Å². The van der Waals surface area contributed by atoms with E-state index in [1.807, 2.05) is 21.1 Å². The molecule has 95 heavy (non-hydrogen) atoms. The zero-order valence-corrected chi connectivity index (χ0v) is 63.8. The molecule has 0 N–H and O–H groups in total. The van der Waals surface area contributed by atoms with Gasteiger partial charge in [0.2, 0.25) is 0 Å². The first-order valence-corrected chi connectivity index (χ1v) is 41.4. The van der Waals surface area contributed by atoms with E-state index in [-0.39, 0.29) is 32.2 Å². The van der Waals surface area contributed by atoms with Gasteiger partial charge in [0.25, 0.3) is 0 Å². The number of hydrogen-bond acceptors (Lipinski definition) is 8. The molecule has 0 aromatic heterocycles. The Labute approximate surface area is 590 Å². The molecule has 0 heterocycles. The molecule has 2 unspecified atom stereocenters. The summed E-state index contributed by atoms with van der Waals surface area (Å²) in [6.07, 6.45) is 99.3. The maximum Gasteiger partial charge on any atom is 0.306 e. The van der Waals surface area contributed by atoms with E-state index in [4.69, 9.17) is 18.9 Å². The third-order valence-electron chi connectivity index (χ3n) is 18.8. The molecule has 0 bridgehead atoms. The lowest BCUT2D eigenvalue weighted by Gasteiger charge is -2.26. The highest BCUT2D eigenvalue weighted by Gasteiger charge is 2.22. The number of carbonyl (C=O) groups is 3. The van der Waals surface area contributed by atoms with Crippen LogP contribution >= 0.6 is 0 Å². The molecule has 9 nitrogen and oxygen atoms in total. The highest BCUT2D eigenvalue weighted by Crippen LogP contribution is 2.20. The van der Waals surface area contributed by atoms with Crippen LogP contribution in [0.1, 0.15) is 412 Å². The number of hydrogen-bond donors (Lipinski definition) is 0. The van der Waals surface area contributed by atoms with Gasteiger partial charge in [0.1, 0.15) is 13.2 Å². The normalized spacial score (nSPS) is 12.9. The number of rotatable bonds is 78. The molecule has 9 heteroatoms. The van der Waals surface area contributed by atoms with Crippen LogP contribution < -0.4 is 5.11 Å². The van der Waals surface area contributed by atoms with Crippen molar-refractivity contribution < 1.29 is 42.9 Å².